The van der Waals surface area contributed by atoms with Crippen LogP contribution in [0.2, 0.25) is 5.02 Å². The first kappa shape index (κ1) is 18.2. The van der Waals surface area contributed by atoms with Crippen LogP contribution in [0.5, 0.6) is 0 Å². The van der Waals surface area contributed by atoms with Crippen LogP contribution in [0.3, 0.4) is 0 Å². The van der Waals surface area contributed by atoms with E-state index in [4.69, 9.17) is 16.3 Å². The van der Waals surface area contributed by atoms with Gasteiger partial charge in [-0.15, -0.1) is 0 Å². The molecule has 26 heavy (non-hydrogen) atoms. The van der Waals surface area contributed by atoms with Crippen LogP contribution in [0.1, 0.15) is 15.9 Å². The van der Waals surface area contributed by atoms with Gasteiger partial charge in [-0.05, 0) is 35.9 Å². The van der Waals surface area contributed by atoms with E-state index in [2.05, 4.69) is 5.32 Å². The number of carbonyl (C=O) groups excluding carboxylic acids is 2. The van der Waals surface area contributed by atoms with Crippen LogP contribution < -0.4 is 5.32 Å². The molecule has 0 atom stereocenters. The van der Waals surface area contributed by atoms with Crippen molar-refractivity contribution < 1.29 is 14.3 Å². The highest BCUT2D eigenvalue weighted by atomic mass is 35.5. The summed E-state index contributed by atoms with van der Waals surface area (Å²) in [5.74, 6) is -0.556. The molecule has 1 heterocycles. The van der Waals surface area contributed by atoms with Gasteiger partial charge >= 0.3 is 0 Å². The van der Waals surface area contributed by atoms with Crippen molar-refractivity contribution in [2.24, 2.45) is 0 Å². The maximum Gasteiger partial charge on any atom is 0.270 e. The van der Waals surface area contributed by atoms with Crippen LogP contribution >= 0.6 is 11.6 Å². The summed E-state index contributed by atoms with van der Waals surface area (Å²) in [5.41, 5.74) is 1.49. The highest BCUT2D eigenvalue weighted by Crippen LogP contribution is 2.14. The molecule has 1 aliphatic heterocycles. The predicted molar refractivity (Wildman–Crippen MR) is 101 cm³/mol. The fraction of sp³-hybridized carbons (Fsp3) is 0.200. The number of hydrogen-bond donors (Lipinski definition) is 1. The number of nitrogens with one attached hydrogen (secondary N) is 1. The van der Waals surface area contributed by atoms with Crippen molar-refractivity contribution in [1.29, 1.82) is 0 Å². The van der Waals surface area contributed by atoms with Gasteiger partial charge in [0.15, 0.2) is 0 Å². The Labute approximate surface area is 157 Å². The summed E-state index contributed by atoms with van der Waals surface area (Å²) in [5, 5.41) is 3.36. The Morgan fingerprint density at radius 2 is 1.65 bits per heavy atom. The summed E-state index contributed by atoms with van der Waals surface area (Å²) >= 11 is 5.92. The summed E-state index contributed by atoms with van der Waals surface area (Å²) in [6.07, 6.45) is 1.66. The molecule has 0 spiro atoms. The SMILES string of the molecule is O=C(N/C(=C/c1ccc(Cl)cc1)C(=O)N1CCOCC1)c1ccccc1. The maximum atomic E-state index is 12.9. The summed E-state index contributed by atoms with van der Waals surface area (Å²) in [7, 11) is 0. The molecule has 5 nitrogen and oxygen atoms in total. The predicted octanol–water partition coefficient (Wildman–Crippen LogP) is 2.97. The molecule has 2 aromatic rings. The van der Waals surface area contributed by atoms with Gasteiger partial charge in [-0.25, -0.2) is 0 Å². The highest BCUT2D eigenvalue weighted by Gasteiger charge is 2.22. The zero-order valence-corrected chi connectivity index (χ0v) is 14.9. The average molecular weight is 371 g/mol. The third-order valence-corrected chi connectivity index (χ3v) is 4.25. The van der Waals surface area contributed by atoms with Crippen LogP contribution in [-0.4, -0.2) is 43.0 Å². The molecule has 0 aliphatic carbocycles. The van der Waals surface area contributed by atoms with E-state index in [0.29, 0.717) is 36.9 Å². The Morgan fingerprint density at radius 3 is 2.31 bits per heavy atom. The van der Waals surface area contributed by atoms with E-state index in [1.54, 1.807) is 59.5 Å². The molecule has 1 saturated heterocycles. The quantitative estimate of drug-likeness (QED) is 0.842. The van der Waals surface area contributed by atoms with E-state index in [1.807, 2.05) is 6.07 Å². The second kappa shape index (κ2) is 8.65. The van der Waals surface area contributed by atoms with Crippen molar-refractivity contribution in [3.8, 4) is 0 Å². The van der Waals surface area contributed by atoms with Crippen LogP contribution in [0.25, 0.3) is 6.08 Å². The first-order chi connectivity index (χ1) is 12.6. The number of hydrogen-bond acceptors (Lipinski definition) is 3. The van der Waals surface area contributed by atoms with Crippen molar-refractivity contribution in [2.75, 3.05) is 26.3 Å². The molecular weight excluding hydrogens is 352 g/mol. The first-order valence-corrected chi connectivity index (χ1v) is 8.72. The van der Waals surface area contributed by atoms with Gasteiger partial charge in [-0.1, -0.05) is 41.9 Å². The maximum absolute atomic E-state index is 12.9. The molecule has 0 aromatic heterocycles. The second-order valence-corrected chi connectivity index (χ2v) is 6.27. The Hall–Kier alpha value is -2.63. The number of nitrogens with zero attached hydrogens (tertiary/aromatic N) is 1. The molecule has 0 unspecified atom stereocenters. The largest absolute Gasteiger partial charge is 0.378 e. The molecular formula is C20H19ClN2O3. The fourth-order valence-electron chi connectivity index (χ4n) is 2.60. The fourth-order valence-corrected chi connectivity index (χ4v) is 2.72. The van der Waals surface area contributed by atoms with E-state index in [9.17, 15) is 9.59 Å². The van der Waals surface area contributed by atoms with Crippen molar-refractivity contribution in [3.05, 3.63) is 76.4 Å². The number of morpholine rings is 1. The summed E-state index contributed by atoms with van der Waals surface area (Å²) in [6, 6.07) is 15.9. The molecule has 3 rings (SSSR count). The number of amides is 2. The molecule has 2 aromatic carbocycles. The number of rotatable bonds is 4. The van der Waals surface area contributed by atoms with E-state index in [-0.39, 0.29) is 17.5 Å². The van der Waals surface area contributed by atoms with Crippen molar-refractivity contribution in [3.63, 3.8) is 0 Å². The molecule has 2 amide bonds. The van der Waals surface area contributed by atoms with Gasteiger partial charge in [-0.3, -0.25) is 9.59 Å². The number of carbonyl (C=O) groups is 2. The van der Waals surface area contributed by atoms with Gasteiger partial charge in [0.1, 0.15) is 5.70 Å². The minimum atomic E-state index is -0.326. The molecule has 1 fully saturated rings. The van der Waals surface area contributed by atoms with E-state index >= 15 is 0 Å². The normalized spacial score (nSPS) is 14.8. The third kappa shape index (κ3) is 4.71. The lowest BCUT2D eigenvalue weighted by atomic mass is 10.1. The molecule has 0 bridgehead atoms. The lowest BCUT2D eigenvalue weighted by molar-refractivity contribution is -0.131. The Morgan fingerprint density at radius 1 is 1.00 bits per heavy atom. The van der Waals surface area contributed by atoms with E-state index in [0.717, 1.165) is 5.56 Å². The summed E-state index contributed by atoms with van der Waals surface area (Å²) < 4.78 is 5.30. The van der Waals surface area contributed by atoms with E-state index in [1.165, 1.54) is 0 Å². The standard InChI is InChI=1S/C20H19ClN2O3/c21-17-8-6-15(7-9-17)14-18(20(25)23-10-12-26-13-11-23)22-19(24)16-4-2-1-3-5-16/h1-9,14H,10-13H2,(H,22,24)/b18-14+. The van der Waals surface area contributed by atoms with Gasteiger partial charge < -0.3 is 15.0 Å². The molecule has 1 aliphatic rings. The van der Waals surface area contributed by atoms with Gasteiger partial charge in [0, 0.05) is 23.7 Å². The zero-order chi connectivity index (χ0) is 18.4. The van der Waals surface area contributed by atoms with Crippen LogP contribution in [-0.2, 0) is 9.53 Å². The van der Waals surface area contributed by atoms with Crippen LogP contribution in [0.4, 0.5) is 0 Å². The summed E-state index contributed by atoms with van der Waals surface area (Å²) in [4.78, 5) is 27.1. The Balaban J connectivity index is 1.86. The van der Waals surface area contributed by atoms with Gasteiger partial charge in [0.2, 0.25) is 0 Å². The highest BCUT2D eigenvalue weighted by molar-refractivity contribution is 6.30. The molecule has 134 valence electrons. The third-order valence-electron chi connectivity index (χ3n) is 3.99. The lowest BCUT2D eigenvalue weighted by Gasteiger charge is -2.27. The van der Waals surface area contributed by atoms with Crippen molar-refractivity contribution >= 4 is 29.5 Å². The molecule has 0 radical (unpaired) electrons. The summed E-state index contributed by atoms with van der Waals surface area (Å²) in [6.45, 7) is 1.98. The van der Waals surface area contributed by atoms with Crippen molar-refractivity contribution in [2.45, 2.75) is 0 Å². The number of benzene rings is 2. The lowest BCUT2D eigenvalue weighted by Crippen LogP contribution is -2.44. The monoisotopic (exact) mass is 370 g/mol. The van der Waals surface area contributed by atoms with Gasteiger partial charge in [0.05, 0.1) is 13.2 Å². The zero-order valence-electron chi connectivity index (χ0n) is 14.2. The Bertz CT molecular complexity index is 798. The smallest absolute Gasteiger partial charge is 0.270 e. The molecule has 1 N–H and O–H groups in total. The molecule has 6 heteroatoms. The van der Waals surface area contributed by atoms with Gasteiger partial charge in [-0.2, -0.15) is 0 Å². The minimum Gasteiger partial charge on any atom is -0.378 e. The molecule has 0 saturated carbocycles. The first-order valence-electron chi connectivity index (χ1n) is 8.34. The topological polar surface area (TPSA) is 58.6 Å². The number of halogens is 1. The second-order valence-electron chi connectivity index (χ2n) is 5.83. The van der Waals surface area contributed by atoms with Crippen LogP contribution in [0, 0.1) is 0 Å². The van der Waals surface area contributed by atoms with Gasteiger partial charge in [0.25, 0.3) is 11.8 Å². The average Bonchev–Trinajstić information content (AvgIpc) is 2.70. The Kier molecular flexibility index (Phi) is 6.04. The van der Waals surface area contributed by atoms with Crippen molar-refractivity contribution in [1.82, 2.24) is 10.2 Å². The van der Waals surface area contributed by atoms with E-state index < -0.39 is 0 Å². The van der Waals surface area contributed by atoms with Crippen LogP contribution in [0.15, 0.2) is 60.3 Å². The number of ether oxygens (including phenoxy) is 1. The minimum absolute atomic E-state index is 0.225.